The van der Waals surface area contributed by atoms with Gasteiger partial charge in [0, 0.05) is 25.2 Å². The Morgan fingerprint density at radius 3 is 2.76 bits per heavy atom. The summed E-state index contributed by atoms with van der Waals surface area (Å²) in [6, 6.07) is 8.54. The van der Waals surface area contributed by atoms with Crippen LogP contribution in [-0.4, -0.2) is 45.5 Å². The number of hydrogen-bond acceptors (Lipinski definition) is 4. The SMILES string of the molecule is CCOC(=O)N1CCC(=C2c3ccccc3CCn3ncnc32)CC1. The van der Waals surface area contributed by atoms with E-state index in [0.29, 0.717) is 19.7 Å². The number of carbonyl (C=O) groups excluding carboxylic acids is 1. The third-order valence-corrected chi connectivity index (χ3v) is 4.97. The van der Waals surface area contributed by atoms with Gasteiger partial charge in [-0.3, -0.25) is 0 Å². The molecule has 6 heteroatoms. The molecule has 0 spiro atoms. The minimum absolute atomic E-state index is 0.212. The van der Waals surface area contributed by atoms with Gasteiger partial charge in [0.15, 0.2) is 5.82 Å². The number of likely N-dealkylation sites (tertiary alicyclic amines) is 1. The highest BCUT2D eigenvalue weighted by Gasteiger charge is 2.27. The summed E-state index contributed by atoms with van der Waals surface area (Å²) < 4.78 is 7.13. The van der Waals surface area contributed by atoms with Crippen molar-refractivity contribution in [2.45, 2.75) is 32.7 Å². The average molecular weight is 338 g/mol. The number of carbonyl (C=O) groups is 1. The molecule has 4 rings (SSSR count). The zero-order valence-corrected chi connectivity index (χ0v) is 14.4. The van der Waals surface area contributed by atoms with E-state index in [1.54, 1.807) is 11.2 Å². The molecule has 2 aliphatic heterocycles. The smallest absolute Gasteiger partial charge is 0.409 e. The first kappa shape index (κ1) is 15.9. The first-order valence-corrected chi connectivity index (χ1v) is 8.88. The monoisotopic (exact) mass is 338 g/mol. The molecule has 0 saturated carbocycles. The van der Waals surface area contributed by atoms with Crippen LogP contribution in [0.15, 0.2) is 36.2 Å². The Balaban J connectivity index is 1.71. The van der Waals surface area contributed by atoms with Crippen LogP contribution in [0, 0.1) is 0 Å². The first-order chi connectivity index (χ1) is 12.3. The van der Waals surface area contributed by atoms with Crippen molar-refractivity contribution >= 4 is 11.7 Å². The molecule has 130 valence electrons. The second-order valence-corrected chi connectivity index (χ2v) is 6.38. The van der Waals surface area contributed by atoms with Gasteiger partial charge in [-0.15, -0.1) is 0 Å². The van der Waals surface area contributed by atoms with Gasteiger partial charge in [-0.2, -0.15) is 5.10 Å². The number of fused-ring (bicyclic) bond motifs is 2. The fourth-order valence-electron chi connectivity index (χ4n) is 3.72. The molecule has 0 aliphatic carbocycles. The summed E-state index contributed by atoms with van der Waals surface area (Å²) in [4.78, 5) is 18.3. The molecule has 0 unspecified atom stereocenters. The molecule has 1 saturated heterocycles. The van der Waals surface area contributed by atoms with Crippen LogP contribution in [0.2, 0.25) is 0 Å². The van der Waals surface area contributed by atoms with E-state index in [1.165, 1.54) is 22.3 Å². The normalized spacial score (nSPS) is 16.9. The second-order valence-electron chi connectivity index (χ2n) is 6.38. The van der Waals surface area contributed by atoms with Crippen LogP contribution >= 0.6 is 0 Å². The molecule has 3 heterocycles. The van der Waals surface area contributed by atoms with E-state index in [4.69, 9.17) is 4.74 Å². The third-order valence-electron chi connectivity index (χ3n) is 4.97. The van der Waals surface area contributed by atoms with Crippen LogP contribution in [0.4, 0.5) is 4.79 Å². The Kier molecular flexibility index (Phi) is 4.26. The van der Waals surface area contributed by atoms with Gasteiger partial charge in [0.2, 0.25) is 0 Å². The van der Waals surface area contributed by atoms with Crippen molar-refractivity contribution in [3.05, 3.63) is 53.1 Å². The summed E-state index contributed by atoms with van der Waals surface area (Å²) in [5.74, 6) is 0.949. The van der Waals surface area contributed by atoms with Crippen LogP contribution in [-0.2, 0) is 17.7 Å². The number of rotatable bonds is 1. The predicted octanol–water partition coefficient (Wildman–Crippen LogP) is 2.89. The Morgan fingerprint density at radius 2 is 1.96 bits per heavy atom. The van der Waals surface area contributed by atoms with Crippen molar-refractivity contribution in [1.29, 1.82) is 0 Å². The number of benzene rings is 1. The molecule has 25 heavy (non-hydrogen) atoms. The average Bonchev–Trinajstić information content (AvgIpc) is 3.04. The fraction of sp³-hybridized carbons (Fsp3) is 0.421. The van der Waals surface area contributed by atoms with Crippen LogP contribution in [0.25, 0.3) is 5.57 Å². The lowest BCUT2D eigenvalue weighted by molar-refractivity contribution is 0.104. The number of aryl methyl sites for hydroxylation is 2. The largest absolute Gasteiger partial charge is 0.450 e. The number of hydrogen-bond donors (Lipinski definition) is 0. The maximum absolute atomic E-state index is 12.0. The predicted molar refractivity (Wildman–Crippen MR) is 94.0 cm³/mol. The molecule has 6 nitrogen and oxygen atoms in total. The number of aromatic nitrogens is 3. The van der Waals surface area contributed by atoms with Gasteiger partial charge in [0.25, 0.3) is 0 Å². The van der Waals surface area contributed by atoms with Gasteiger partial charge in [-0.25, -0.2) is 14.5 Å². The Morgan fingerprint density at radius 1 is 1.16 bits per heavy atom. The summed E-state index contributed by atoms with van der Waals surface area (Å²) in [5, 5.41) is 4.40. The van der Waals surface area contributed by atoms with E-state index in [0.717, 1.165) is 31.6 Å². The minimum Gasteiger partial charge on any atom is -0.450 e. The summed E-state index contributed by atoms with van der Waals surface area (Å²) in [7, 11) is 0. The van der Waals surface area contributed by atoms with Gasteiger partial charge in [-0.05, 0) is 37.3 Å². The lowest BCUT2D eigenvalue weighted by Crippen LogP contribution is -2.37. The molecular formula is C19H22N4O2. The highest BCUT2D eigenvalue weighted by atomic mass is 16.6. The Labute approximate surface area is 147 Å². The molecule has 2 aromatic rings. The first-order valence-electron chi connectivity index (χ1n) is 8.88. The minimum atomic E-state index is -0.212. The highest BCUT2D eigenvalue weighted by molar-refractivity contribution is 5.81. The van der Waals surface area contributed by atoms with Gasteiger partial charge in [0.1, 0.15) is 6.33 Å². The third kappa shape index (κ3) is 2.92. The number of piperidine rings is 1. The number of nitrogens with zero attached hydrogens (tertiary/aromatic N) is 4. The standard InChI is InChI=1S/C19H22N4O2/c1-2-25-19(24)22-10-7-15(8-11-22)17-16-6-4-3-5-14(16)9-12-23-18(17)20-13-21-23/h3-6,13H,2,7-12H2,1H3. The molecule has 1 fully saturated rings. The van der Waals surface area contributed by atoms with Crippen molar-refractivity contribution in [2.75, 3.05) is 19.7 Å². The summed E-state index contributed by atoms with van der Waals surface area (Å²) in [5.41, 5.74) is 5.15. The van der Waals surface area contributed by atoms with Crippen molar-refractivity contribution in [1.82, 2.24) is 19.7 Å². The van der Waals surface area contributed by atoms with E-state index < -0.39 is 0 Å². The van der Waals surface area contributed by atoms with Crippen LogP contribution in [0.1, 0.15) is 36.7 Å². The van der Waals surface area contributed by atoms with E-state index in [1.807, 2.05) is 11.6 Å². The molecule has 0 bridgehead atoms. The molecule has 1 aromatic carbocycles. The van der Waals surface area contributed by atoms with Crippen molar-refractivity contribution in [3.63, 3.8) is 0 Å². The van der Waals surface area contributed by atoms with Crippen molar-refractivity contribution in [3.8, 4) is 0 Å². The van der Waals surface area contributed by atoms with E-state index >= 15 is 0 Å². The molecule has 1 aromatic heterocycles. The van der Waals surface area contributed by atoms with Crippen LogP contribution in [0.5, 0.6) is 0 Å². The van der Waals surface area contributed by atoms with Gasteiger partial charge in [-0.1, -0.05) is 29.8 Å². The van der Waals surface area contributed by atoms with E-state index in [2.05, 4.69) is 34.3 Å². The molecule has 0 radical (unpaired) electrons. The van der Waals surface area contributed by atoms with Gasteiger partial charge >= 0.3 is 6.09 Å². The molecular weight excluding hydrogens is 316 g/mol. The van der Waals surface area contributed by atoms with Crippen LogP contribution in [0.3, 0.4) is 0 Å². The summed E-state index contributed by atoms with van der Waals surface area (Å²) >= 11 is 0. The van der Waals surface area contributed by atoms with E-state index in [9.17, 15) is 4.79 Å². The van der Waals surface area contributed by atoms with Crippen molar-refractivity contribution < 1.29 is 9.53 Å². The molecule has 0 N–H and O–H groups in total. The van der Waals surface area contributed by atoms with Crippen LogP contribution < -0.4 is 0 Å². The summed E-state index contributed by atoms with van der Waals surface area (Å²) in [6.45, 7) is 4.48. The van der Waals surface area contributed by atoms with E-state index in [-0.39, 0.29) is 6.09 Å². The molecule has 2 aliphatic rings. The number of amides is 1. The summed E-state index contributed by atoms with van der Waals surface area (Å²) in [6.07, 6.45) is 4.07. The zero-order valence-electron chi connectivity index (χ0n) is 14.4. The second kappa shape index (κ2) is 6.70. The Hall–Kier alpha value is -2.63. The zero-order chi connectivity index (χ0) is 17.2. The topological polar surface area (TPSA) is 60.2 Å². The van der Waals surface area contributed by atoms with Gasteiger partial charge < -0.3 is 9.64 Å². The lowest BCUT2D eigenvalue weighted by Gasteiger charge is -2.29. The van der Waals surface area contributed by atoms with Crippen molar-refractivity contribution in [2.24, 2.45) is 0 Å². The van der Waals surface area contributed by atoms with Gasteiger partial charge in [0.05, 0.1) is 6.61 Å². The molecule has 1 amide bonds. The number of ether oxygens (including phenoxy) is 1. The fourth-order valence-corrected chi connectivity index (χ4v) is 3.72. The highest BCUT2D eigenvalue weighted by Crippen LogP contribution is 2.35. The quantitative estimate of drug-likeness (QED) is 0.802. The molecule has 0 atom stereocenters. The Bertz CT molecular complexity index is 814. The maximum atomic E-state index is 12.0. The lowest BCUT2D eigenvalue weighted by atomic mass is 9.90. The maximum Gasteiger partial charge on any atom is 0.409 e.